The SMILES string of the molecule is O=C(C[C@H]1CN[C@@H](c2c(O)ccc(Cl)c2Cl)C1)N1CC(O)(c2ncco2)C1. The summed E-state index contributed by atoms with van der Waals surface area (Å²) in [7, 11) is 0. The molecule has 1 aromatic heterocycles. The molecular weight excluding hydrogens is 393 g/mol. The number of nitrogens with zero attached hydrogens (tertiary/aromatic N) is 2. The first-order chi connectivity index (χ1) is 12.9. The minimum absolute atomic E-state index is 0.0277. The molecule has 9 heteroatoms. The summed E-state index contributed by atoms with van der Waals surface area (Å²) in [6.45, 7) is 0.990. The lowest BCUT2D eigenvalue weighted by Gasteiger charge is -2.44. The van der Waals surface area contributed by atoms with Gasteiger partial charge in [0.15, 0.2) is 5.60 Å². The molecule has 3 N–H and O–H groups in total. The molecule has 144 valence electrons. The van der Waals surface area contributed by atoms with Crippen molar-refractivity contribution in [2.75, 3.05) is 19.6 Å². The summed E-state index contributed by atoms with van der Waals surface area (Å²) in [5.41, 5.74) is -0.628. The molecule has 2 atom stereocenters. The number of phenolic OH excluding ortho intramolecular Hbond substituents is 1. The second-order valence-electron chi connectivity index (χ2n) is 7.18. The van der Waals surface area contributed by atoms with Crippen LogP contribution in [-0.2, 0) is 10.4 Å². The first kappa shape index (κ1) is 18.6. The number of carbonyl (C=O) groups is 1. The lowest BCUT2D eigenvalue weighted by atomic mass is 9.91. The summed E-state index contributed by atoms with van der Waals surface area (Å²) in [6.07, 6.45) is 3.89. The van der Waals surface area contributed by atoms with Crippen molar-refractivity contribution in [1.82, 2.24) is 15.2 Å². The Morgan fingerprint density at radius 3 is 2.89 bits per heavy atom. The number of β-amino-alcohol motifs (C(OH)–C–C–N with tert-alkyl or cyclic N) is 1. The van der Waals surface area contributed by atoms with Crippen LogP contribution in [0.1, 0.15) is 30.3 Å². The summed E-state index contributed by atoms with van der Waals surface area (Å²) in [6, 6.07) is 2.92. The summed E-state index contributed by atoms with van der Waals surface area (Å²) >= 11 is 12.3. The normalized spacial score (nSPS) is 24.0. The average Bonchev–Trinajstić information content (AvgIpc) is 3.28. The van der Waals surface area contributed by atoms with Crippen molar-refractivity contribution in [3.63, 3.8) is 0 Å². The van der Waals surface area contributed by atoms with Gasteiger partial charge in [0.25, 0.3) is 0 Å². The number of oxazole rings is 1. The Morgan fingerprint density at radius 2 is 2.19 bits per heavy atom. The van der Waals surface area contributed by atoms with Gasteiger partial charge in [-0.25, -0.2) is 4.98 Å². The molecule has 1 aromatic carbocycles. The Kier molecular flexibility index (Phi) is 4.80. The predicted octanol–water partition coefficient (Wildman–Crippen LogP) is 2.46. The second kappa shape index (κ2) is 6.98. The van der Waals surface area contributed by atoms with Crippen LogP contribution in [0.25, 0.3) is 0 Å². The number of hydrogen-bond acceptors (Lipinski definition) is 6. The monoisotopic (exact) mass is 411 g/mol. The van der Waals surface area contributed by atoms with Gasteiger partial charge in [-0.05, 0) is 31.0 Å². The largest absolute Gasteiger partial charge is 0.508 e. The molecule has 4 rings (SSSR count). The van der Waals surface area contributed by atoms with E-state index >= 15 is 0 Å². The van der Waals surface area contributed by atoms with Gasteiger partial charge >= 0.3 is 0 Å². The van der Waals surface area contributed by atoms with Gasteiger partial charge in [-0.15, -0.1) is 0 Å². The predicted molar refractivity (Wildman–Crippen MR) is 98.6 cm³/mol. The molecule has 0 unspecified atom stereocenters. The molecule has 2 aromatic rings. The van der Waals surface area contributed by atoms with Gasteiger partial charge < -0.3 is 24.8 Å². The van der Waals surface area contributed by atoms with E-state index in [1.807, 2.05) is 0 Å². The number of amides is 1. The van der Waals surface area contributed by atoms with Crippen LogP contribution < -0.4 is 5.32 Å². The Bertz CT molecular complexity index is 853. The number of halogens is 2. The summed E-state index contributed by atoms with van der Waals surface area (Å²) in [4.78, 5) is 18.1. The van der Waals surface area contributed by atoms with Crippen molar-refractivity contribution in [3.8, 4) is 5.75 Å². The van der Waals surface area contributed by atoms with Crippen LogP contribution in [0.5, 0.6) is 5.75 Å². The van der Waals surface area contributed by atoms with E-state index in [1.165, 1.54) is 18.5 Å². The average molecular weight is 412 g/mol. The molecular formula is C18H19Cl2N3O4. The topological polar surface area (TPSA) is 98.8 Å². The molecule has 2 aliphatic rings. The van der Waals surface area contributed by atoms with E-state index in [-0.39, 0.29) is 42.6 Å². The highest BCUT2D eigenvalue weighted by Gasteiger charge is 2.48. The fourth-order valence-corrected chi connectivity index (χ4v) is 4.25. The molecule has 3 heterocycles. The maximum atomic E-state index is 12.5. The zero-order valence-electron chi connectivity index (χ0n) is 14.4. The van der Waals surface area contributed by atoms with Gasteiger partial charge in [0.2, 0.25) is 11.8 Å². The highest BCUT2D eigenvalue weighted by Crippen LogP contribution is 2.41. The highest BCUT2D eigenvalue weighted by molar-refractivity contribution is 6.42. The first-order valence-corrected chi connectivity index (χ1v) is 9.43. The lowest BCUT2D eigenvalue weighted by molar-refractivity contribution is -0.162. The molecule has 0 saturated carbocycles. The number of hydrogen-bond donors (Lipinski definition) is 3. The summed E-state index contributed by atoms with van der Waals surface area (Å²) < 4.78 is 5.14. The molecule has 0 aliphatic carbocycles. The van der Waals surface area contributed by atoms with Crippen LogP contribution in [0.2, 0.25) is 10.0 Å². The quantitative estimate of drug-likeness (QED) is 0.714. The van der Waals surface area contributed by atoms with Gasteiger partial charge in [0.1, 0.15) is 12.0 Å². The molecule has 0 bridgehead atoms. The van der Waals surface area contributed by atoms with E-state index in [0.29, 0.717) is 35.0 Å². The first-order valence-electron chi connectivity index (χ1n) is 8.68. The molecule has 7 nitrogen and oxygen atoms in total. The van der Waals surface area contributed by atoms with Gasteiger partial charge in [-0.1, -0.05) is 23.2 Å². The molecule has 0 spiro atoms. The van der Waals surface area contributed by atoms with E-state index in [0.717, 1.165) is 0 Å². The third-order valence-corrected chi connectivity index (χ3v) is 6.05. The van der Waals surface area contributed by atoms with Gasteiger partial charge in [-0.3, -0.25) is 4.79 Å². The molecule has 1 amide bonds. The van der Waals surface area contributed by atoms with Crippen molar-refractivity contribution in [2.24, 2.45) is 5.92 Å². The van der Waals surface area contributed by atoms with Crippen LogP contribution >= 0.6 is 23.2 Å². The van der Waals surface area contributed by atoms with Crippen molar-refractivity contribution >= 4 is 29.1 Å². The van der Waals surface area contributed by atoms with E-state index in [9.17, 15) is 15.0 Å². The van der Waals surface area contributed by atoms with Crippen LogP contribution in [0.15, 0.2) is 29.0 Å². The Balaban J connectivity index is 1.35. The number of carbonyl (C=O) groups excluding carboxylic acids is 1. The van der Waals surface area contributed by atoms with Gasteiger partial charge in [-0.2, -0.15) is 0 Å². The van der Waals surface area contributed by atoms with Crippen molar-refractivity contribution < 1.29 is 19.4 Å². The number of phenols is 1. The molecule has 2 saturated heterocycles. The second-order valence-corrected chi connectivity index (χ2v) is 7.96. The number of likely N-dealkylation sites (tertiary alicyclic amines) is 1. The summed E-state index contributed by atoms with van der Waals surface area (Å²) in [5, 5.41) is 24.6. The third kappa shape index (κ3) is 3.40. The molecule has 2 fully saturated rings. The molecule has 2 aliphatic heterocycles. The van der Waals surface area contributed by atoms with Crippen molar-refractivity contribution in [2.45, 2.75) is 24.5 Å². The molecule has 0 radical (unpaired) electrons. The maximum Gasteiger partial charge on any atom is 0.229 e. The van der Waals surface area contributed by atoms with E-state index in [4.69, 9.17) is 27.6 Å². The fraction of sp³-hybridized carbons (Fsp3) is 0.444. The number of aromatic nitrogens is 1. The smallest absolute Gasteiger partial charge is 0.229 e. The minimum atomic E-state index is -1.20. The number of aliphatic hydroxyl groups is 1. The maximum absolute atomic E-state index is 12.5. The van der Waals surface area contributed by atoms with Gasteiger partial charge in [0, 0.05) is 18.0 Å². The Hall–Kier alpha value is -1.80. The van der Waals surface area contributed by atoms with Gasteiger partial charge in [0.05, 0.1) is 29.3 Å². The van der Waals surface area contributed by atoms with E-state index < -0.39 is 5.60 Å². The fourth-order valence-electron chi connectivity index (χ4n) is 3.80. The van der Waals surface area contributed by atoms with Crippen molar-refractivity contribution in [3.05, 3.63) is 46.1 Å². The molecule has 27 heavy (non-hydrogen) atoms. The lowest BCUT2D eigenvalue weighted by Crippen LogP contribution is -2.61. The van der Waals surface area contributed by atoms with Crippen LogP contribution in [0.3, 0.4) is 0 Å². The van der Waals surface area contributed by atoms with Crippen LogP contribution in [0.4, 0.5) is 0 Å². The highest BCUT2D eigenvalue weighted by atomic mass is 35.5. The summed E-state index contributed by atoms with van der Waals surface area (Å²) in [5.74, 6) is 0.403. The minimum Gasteiger partial charge on any atom is -0.508 e. The number of nitrogens with one attached hydrogen (secondary N) is 1. The standard InChI is InChI=1S/C18H19Cl2N3O4/c19-11-1-2-13(24)15(16(11)20)12-5-10(7-22-12)6-14(25)23-8-18(26,9-23)17-21-3-4-27-17/h1-4,10,12,22,24,26H,5-9H2/t10-,12+/m0/s1. The Morgan fingerprint density at radius 1 is 1.41 bits per heavy atom. The zero-order chi connectivity index (χ0) is 19.2. The number of benzene rings is 1. The number of aromatic hydroxyl groups is 1. The van der Waals surface area contributed by atoms with E-state index in [1.54, 1.807) is 11.0 Å². The van der Waals surface area contributed by atoms with Crippen LogP contribution in [-0.4, -0.2) is 45.6 Å². The number of rotatable bonds is 4. The van der Waals surface area contributed by atoms with Crippen LogP contribution in [0, 0.1) is 5.92 Å². The zero-order valence-corrected chi connectivity index (χ0v) is 15.9. The third-order valence-electron chi connectivity index (χ3n) is 5.23. The Labute approximate surface area is 165 Å². The van der Waals surface area contributed by atoms with Crippen molar-refractivity contribution in [1.29, 1.82) is 0 Å². The van der Waals surface area contributed by atoms with E-state index in [2.05, 4.69) is 10.3 Å².